The van der Waals surface area contributed by atoms with Gasteiger partial charge in [0.05, 0.1) is 18.0 Å². The maximum Gasteiger partial charge on any atom is 0.317 e. The van der Waals surface area contributed by atoms with Crippen LogP contribution in [0.4, 0.5) is 4.79 Å². The van der Waals surface area contributed by atoms with Gasteiger partial charge in [0.2, 0.25) is 5.91 Å². The number of thioether (sulfide) groups is 1. The van der Waals surface area contributed by atoms with E-state index in [2.05, 4.69) is 10.6 Å². The Hall–Kier alpha value is -3.08. The molecule has 210 valence electrons. The van der Waals surface area contributed by atoms with Gasteiger partial charge in [0.25, 0.3) is 5.91 Å². The summed E-state index contributed by atoms with van der Waals surface area (Å²) in [6.45, 7) is 6.74. The first kappa shape index (κ1) is 28.9. The molecular formula is C29H38N4O5S. The van der Waals surface area contributed by atoms with Crippen LogP contribution in [0.3, 0.4) is 0 Å². The fourth-order valence-corrected chi connectivity index (χ4v) is 6.27. The topological polar surface area (TPSA) is 122 Å². The van der Waals surface area contributed by atoms with Crippen LogP contribution in [0, 0.1) is 6.92 Å². The average Bonchev–Trinajstić information content (AvgIpc) is 3.49. The number of carbonyl (C=O) groups is 3. The second-order valence-electron chi connectivity index (χ2n) is 10.8. The Morgan fingerprint density at radius 3 is 2.46 bits per heavy atom. The van der Waals surface area contributed by atoms with Gasteiger partial charge >= 0.3 is 6.03 Å². The van der Waals surface area contributed by atoms with E-state index in [9.17, 15) is 24.6 Å². The number of benzene rings is 2. The number of amides is 4. The van der Waals surface area contributed by atoms with Crippen molar-refractivity contribution in [3.05, 3.63) is 71.3 Å². The van der Waals surface area contributed by atoms with Crippen LogP contribution in [0.2, 0.25) is 0 Å². The molecule has 0 saturated carbocycles. The summed E-state index contributed by atoms with van der Waals surface area (Å²) in [4.78, 5) is 43.0. The smallest absolute Gasteiger partial charge is 0.317 e. The van der Waals surface area contributed by atoms with Gasteiger partial charge in [0.15, 0.2) is 6.10 Å². The van der Waals surface area contributed by atoms with Gasteiger partial charge in [-0.05, 0) is 50.3 Å². The SMILES string of the molecule is Cc1ccccc1CNC(=O)C1N(C(=O)C(O)C(Cc2ccccc2)NC(=O)N2CCC(O)C2)CSC1(C)C. The quantitative estimate of drug-likeness (QED) is 0.396. The number of hydrogen-bond acceptors (Lipinski definition) is 6. The second kappa shape index (κ2) is 12.4. The first-order chi connectivity index (χ1) is 18.6. The molecule has 4 unspecified atom stereocenters. The minimum absolute atomic E-state index is 0.202. The van der Waals surface area contributed by atoms with E-state index < -0.39 is 41.0 Å². The molecule has 0 spiro atoms. The molecule has 2 aromatic carbocycles. The molecule has 0 bridgehead atoms. The zero-order chi connectivity index (χ0) is 28.2. The fraction of sp³-hybridized carbons (Fsp3) is 0.483. The van der Waals surface area contributed by atoms with E-state index in [1.165, 1.54) is 21.6 Å². The van der Waals surface area contributed by atoms with Crippen molar-refractivity contribution in [3.63, 3.8) is 0 Å². The minimum atomic E-state index is -1.57. The molecule has 39 heavy (non-hydrogen) atoms. The van der Waals surface area contributed by atoms with Gasteiger partial charge in [0, 0.05) is 24.4 Å². The number of aliphatic hydroxyl groups is 2. The Morgan fingerprint density at radius 2 is 1.79 bits per heavy atom. The maximum absolute atomic E-state index is 13.7. The van der Waals surface area contributed by atoms with Crippen LogP contribution >= 0.6 is 11.8 Å². The summed E-state index contributed by atoms with van der Waals surface area (Å²) in [6, 6.07) is 14.9. The van der Waals surface area contributed by atoms with Gasteiger partial charge in [-0.15, -0.1) is 11.8 Å². The third-order valence-electron chi connectivity index (χ3n) is 7.48. The van der Waals surface area contributed by atoms with E-state index in [4.69, 9.17) is 0 Å². The molecule has 9 nitrogen and oxygen atoms in total. The molecule has 4 N–H and O–H groups in total. The molecule has 10 heteroatoms. The van der Waals surface area contributed by atoms with Crippen LogP contribution in [0.25, 0.3) is 0 Å². The zero-order valence-corrected chi connectivity index (χ0v) is 23.5. The zero-order valence-electron chi connectivity index (χ0n) is 22.7. The summed E-state index contributed by atoms with van der Waals surface area (Å²) in [5, 5.41) is 27.0. The van der Waals surface area contributed by atoms with Crippen molar-refractivity contribution in [1.82, 2.24) is 20.4 Å². The highest BCUT2D eigenvalue weighted by Gasteiger charge is 2.49. The van der Waals surface area contributed by atoms with E-state index >= 15 is 0 Å². The van der Waals surface area contributed by atoms with Gasteiger partial charge in [-0.3, -0.25) is 9.59 Å². The van der Waals surface area contributed by atoms with Crippen molar-refractivity contribution >= 4 is 29.6 Å². The number of aliphatic hydroxyl groups excluding tert-OH is 2. The number of rotatable bonds is 8. The molecular weight excluding hydrogens is 516 g/mol. The predicted octanol–water partition coefficient (Wildman–Crippen LogP) is 2.04. The number of hydrogen-bond donors (Lipinski definition) is 4. The maximum atomic E-state index is 13.7. The highest BCUT2D eigenvalue weighted by atomic mass is 32.2. The monoisotopic (exact) mass is 554 g/mol. The fourth-order valence-electron chi connectivity index (χ4n) is 5.13. The molecule has 2 aliphatic rings. The van der Waals surface area contributed by atoms with E-state index in [1.54, 1.807) is 0 Å². The van der Waals surface area contributed by atoms with Gasteiger partial charge < -0.3 is 30.6 Å². The molecule has 2 heterocycles. The minimum Gasteiger partial charge on any atom is -0.391 e. The van der Waals surface area contributed by atoms with Gasteiger partial charge in [-0.1, -0.05) is 54.6 Å². The van der Waals surface area contributed by atoms with Crippen LogP contribution < -0.4 is 10.6 Å². The highest BCUT2D eigenvalue weighted by molar-refractivity contribution is 8.00. The summed E-state index contributed by atoms with van der Waals surface area (Å²) in [6.07, 6.45) is -1.44. The Labute approximate surface area is 233 Å². The van der Waals surface area contributed by atoms with Crippen molar-refractivity contribution in [3.8, 4) is 0 Å². The highest BCUT2D eigenvalue weighted by Crippen LogP contribution is 2.40. The van der Waals surface area contributed by atoms with Crippen molar-refractivity contribution in [2.24, 2.45) is 0 Å². The number of β-amino-alcohol motifs (C(OH)–C–C–N with tert-alkyl or cyclic N) is 1. The summed E-state index contributed by atoms with van der Waals surface area (Å²) < 4.78 is -0.574. The van der Waals surface area contributed by atoms with Gasteiger partial charge in [-0.2, -0.15) is 0 Å². The largest absolute Gasteiger partial charge is 0.391 e. The molecule has 2 aromatic rings. The summed E-state index contributed by atoms with van der Waals surface area (Å²) in [5.74, 6) is -0.648. The normalized spacial score (nSPS) is 21.9. The van der Waals surface area contributed by atoms with E-state index in [-0.39, 0.29) is 24.7 Å². The lowest BCUT2D eigenvalue weighted by molar-refractivity contribution is -0.147. The summed E-state index contributed by atoms with van der Waals surface area (Å²) in [5.41, 5.74) is 2.90. The number of nitrogens with one attached hydrogen (secondary N) is 2. The van der Waals surface area contributed by atoms with E-state index in [1.807, 2.05) is 75.4 Å². The first-order valence-electron chi connectivity index (χ1n) is 13.3. The van der Waals surface area contributed by atoms with Crippen LogP contribution in [0.1, 0.15) is 37.0 Å². The molecule has 4 rings (SSSR count). The predicted molar refractivity (Wildman–Crippen MR) is 151 cm³/mol. The Balaban J connectivity index is 1.50. The van der Waals surface area contributed by atoms with Crippen molar-refractivity contribution in [2.45, 2.75) is 69.2 Å². The van der Waals surface area contributed by atoms with Crippen LogP contribution in [-0.4, -0.2) is 85.9 Å². The third-order valence-corrected chi connectivity index (χ3v) is 8.86. The van der Waals surface area contributed by atoms with Crippen LogP contribution in [0.15, 0.2) is 54.6 Å². The summed E-state index contributed by atoms with van der Waals surface area (Å²) >= 11 is 1.47. The first-order valence-corrected chi connectivity index (χ1v) is 14.3. The van der Waals surface area contributed by atoms with Crippen molar-refractivity contribution < 1.29 is 24.6 Å². The van der Waals surface area contributed by atoms with Crippen LogP contribution in [-0.2, 0) is 22.6 Å². The second-order valence-corrected chi connectivity index (χ2v) is 12.4. The Bertz CT molecular complexity index is 1180. The lowest BCUT2D eigenvalue weighted by Gasteiger charge is -2.33. The number of urea groups is 1. The van der Waals surface area contributed by atoms with Crippen molar-refractivity contribution in [1.29, 1.82) is 0 Å². The summed E-state index contributed by atoms with van der Waals surface area (Å²) in [7, 11) is 0. The standard InChI is InChI=1S/C29H38N4O5S/c1-19-9-7-8-12-21(19)16-30-26(36)25-29(2,3)39-18-33(25)27(37)24(35)23(15-20-10-5-4-6-11-20)31-28(38)32-14-13-22(34)17-32/h4-12,22-25,34-35H,13-18H2,1-3H3,(H,30,36)(H,31,38). The number of nitrogens with zero attached hydrogens (tertiary/aromatic N) is 2. The molecule has 0 aliphatic carbocycles. The number of likely N-dealkylation sites (tertiary alicyclic amines) is 1. The molecule has 2 aliphatic heterocycles. The molecule has 0 aromatic heterocycles. The molecule has 0 radical (unpaired) electrons. The van der Waals surface area contributed by atoms with Gasteiger partial charge in [-0.25, -0.2) is 4.79 Å². The molecule has 2 saturated heterocycles. The number of aryl methyl sites for hydroxylation is 1. The Kier molecular flexibility index (Phi) is 9.19. The lowest BCUT2D eigenvalue weighted by atomic mass is 9.97. The molecule has 4 amide bonds. The average molecular weight is 555 g/mol. The van der Waals surface area contributed by atoms with Crippen molar-refractivity contribution in [2.75, 3.05) is 19.0 Å². The molecule has 4 atom stereocenters. The van der Waals surface area contributed by atoms with E-state index in [0.717, 1.165) is 16.7 Å². The Morgan fingerprint density at radius 1 is 1.10 bits per heavy atom. The van der Waals surface area contributed by atoms with E-state index in [0.29, 0.717) is 19.5 Å². The number of carbonyl (C=O) groups excluding carboxylic acids is 3. The van der Waals surface area contributed by atoms with Crippen LogP contribution in [0.5, 0.6) is 0 Å². The van der Waals surface area contributed by atoms with Gasteiger partial charge in [0.1, 0.15) is 6.04 Å². The third kappa shape index (κ3) is 6.93. The molecule has 2 fully saturated rings. The lowest BCUT2D eigenvalue weighted by Crippen LogP contribution is -2.59.